The summed E-state index contributed by atoms with van der Waals surface area (Å²) in [5.41, 5.74) is -4.05. The van der Waals surface area contributed by atoms with E-state index in [0.717, 1.165) is 0 Å². The van der Waals surface area contributed by atoms with E-state index in [1.54, 1.807) is 18.4 Å². The van der Waals surface area contributed by atoms with E-state index in [1.165, 1.54) is 19.4 Å². The molecule has 194 valence electrons. The van der Waals surface area contributed by atoms with Crippen molar-refractivity contribution in [3.05, 3.63) is 36.3 Å². The number of ether oxygens (including phenoxy) is 4. The maximum Gasteiger partial charge on any atom is 0.339 e. The van der Waals surface area contributed by atoms with Gasteiger partial charge in [0.1, 0.15) is 17.8 Å². The number of aliphatic hydroxyl groups excluding tert-OH is 1. The predicted molar refractivity (Wildman–Crippen MR) is 122 cm³/mol. The summed E-state index contributed by atoms with van der Waals surface area (Å²) >= 11 is 0. The van der Waals surface area contributed by atoms with Gasteiger partial charge in [-0.1, -0.05) is 19.9 Å². The van der Waals surface area contributed by atoms with Crippen LogP contribution >= 0.6 is 0 Å². The van der Waals surface area contributed by atoms with E-state index < -0.39 is 63.6 Å². The fraction of sp³-hybridized carbons (Fsp3) is 0.667. The Balaban J connectivity index is 1.55. The Morgan fingerprint density at radius 1 is 1.19 bits per heavy atom. The highest BCUT2D eigenvalue weighted by Gasteiger charge is 2.89. The smallest absolute Gasteiger partial charge is 0.339 e. The molecule has 1 N–H and O–H groups in total. The maximum atomic E-state index is 14.1. The maximum absolute atomic E-state index is 14.1. The molecule has 2 saturated carbocycles. The van der Waals surface area contributed by atoms with Crippen LogP contribution in [-0.2, 0) is 33.3 Å². The molecule has 1 aromatic rings. The van der Waals surface area contributed by atoms with E-state index in [2.05, 4.69) is 0 Å². The largest absolute Gasteiger partial charge is 0.472 e. The molecule has 1 aromatic heterocycles. The molecule has 6 rings (SSSR count). The quantitative estimate of drug-likeness (QED) is 0.379. The number of carbonyl (C=O) groups excluding carboxylic acids is 3. The number of hydrogen-bond donors (Lipinski definition) is 1. The molecule has 5 fully saturated rings. The molecule has 4 heterocycles. The number of ketones is 1. The Kier molecular flexibility index (Phi) is 4.70. The molecule has 2 aliphatic carbocycles. The standard InChI is InChI=1S/C27H32O9/c1-23(2)18-17(29)19(30)25(4)15(26(18,13-34-23)10-7-16(28)32-5)6-9-24(3)20(14-8-11-33-12-14)35-22(31)21-27(24,25)36-21/h7-8,10-12,15,18-21,30H,6,9,13H2,1-5H3. The van der Waals surface area contributed by atoms with Crippen LogP contribution in [0.3, 0.4) is 0 Å². The summed E-state index contributed by atoms with van der Waals surface area (Å²) in [6.45, 7) is 7.75. The minimum Gasteiger partial charge on any atom is -0.472 e. The summed E-state index contributed by atoms with van der Waals surface area (Å²) in [7, 11) is 1.30. The topological polar surface area (TPSA) is 125 Å². The number of methoxy groups -OCH3 is 1. The van der Waals surface area contributed by atoms with Crippen molar-refractivity contribution in [2.24, 2.45) is 28.1 Å². The first-order chi connectivity index (χ1) is 16.9. The molecular weight excluding hydrogens is 468 g/mol. The lowest BCUT2D eigenvalue weighted by Crippen LogP contribution is -2.74. The molecule has 1 spiro atoms. The number of rotatable bonds is 3. The first kappa shape index (κ1) is 23.9. The fourth-order valence-electron chi connectivity index (χ4n) is 8.77. The Morgan fingerprint density at radius 3 is 2.61 bits per heavy atom. The number of aliphatic hydroxyl groups is 1. The highest BCUT2D eigenvalue weighted by molar-refractivity contribution is 5.92. The van der Waals surface area contributed by atoms with Crippen LogP contribution in [-0.4, -0.2) is 60.0 Å². The zero-order valence-electron chi connectivity index (χ0n) is 21.1. The van der Waals surface area contributed by atoms with Gasteiger partial charge in [0, 0.05) is 27.9 Å². The van der Waals surface area contributed by atoms with Crippen molar-refractivity contribution in [2.45, 2.75) is 70.1 Å². The van der Waals surface area contributed by atoms with Gasteiger partial charge >= 0.3 is 11.9 Å². The number of Topliss-reactive ketones (excluding diaryl/α,β-unsaturated/α-hetero) is 1. The van der Waals surface area contributed by atoms with Crippen LogP contribution in [0.5, 0.6) is 0 Å². The number of epoxide rings is 1. The van der Waals surface area contributed by atoms with Crippen molar-refractivity contribution >= 4 is 17.7 Å². The zero-order valence-corrected chi connectivity index (χ0v) is 21.1. The van der Waals surface area contributed by atoms with Crippen molar-refractivity contribution in [3.63, 3.8) is 0 Å². The third-order valence-corrected chi connectivity index (χ3v) is 10.2. The Hall–Kier alpha value is -2.49. The lowest BCUT2D eigenvalue weighted by Gasteiger charge is -2.65. The number of carbonyl (C=O) groups is 3. The molecule has 9 heteroatoms. The van der Waals surface area contributed by atoms with Gasteiger partial charge in [-0.05, 0) is 38.7 Å². The Morgan fingerprint density at radius 2 is 1.94 bits per heavy atom. The van der Waals surface area contributed by atoms with Crippen LogP contribution in [0.15, 0.2) is 35.2 Å². The summed E-state index contributed by atoms with van der Waals surface area (Å²) in [5.74, 6) is -2.41. The summed E-state index contributed by atoms with van der Waals surface area (Å²) in [4.78, 5) is 39.4. The number of fused-ring (bicyclic) bond motifs is 3. The zero-order chi connectivity index (χ0) is 25.9. The third kappa shape index (κ3) is 2.49. The minimum absolute atomic E-state index is 0.198. The summed E-state index contributed by atoms with van der Waals surface area (Å²) in [5, 5.41) is 11.8. The molecular formula is C27H32O9. The van der Waals surface area contributed by atoms with Crippen LogP contribution < -0.4 is 0 Å². The van der Waals surface area contributed by atoms with E-state index in [4.69, 9.17) is 23.4 Å². The van der Waals surface area contributed by atoms with Gasteiger partial charge in [-0.25, -0.2) is 9.59 Å². The van der Waals surface area contributed by atoms with Crippen molar-refractivity contribution in [3.8, 4) is 0 Å². The molecule has 9 atom stereocenters. The lowest BCUT2D eigenvalue weighted by molar-refractivity contribution is -0.231. The molecule has 0 bridgehead atoms. The molecule has 0 amide bonds. The van der Waals surface area contributed by atoms with Crippen LogP contribution in [0.25, 0.3) is 0 Å². The second kappa shape index (κ2) is 7.08. The van der Waals surface area contributed by atoms with Gasteiger partial charge in [0.15, 0.2) is 11.9 Å². The van der Waals surface area contributed by atoms with Gasteiger partial charge < -0.3 is 28.5 Å². The van der Waals surface area contributed by atoms with E-state index in [9.17, 15) is 19.5 Å². The number of furan rings is 1. The summed E-state index contributed by atoms with van der Waals surface area (Å²) in [6.07, 6.45) is 4.44. The van der Waals surface area contributed by atoms with Crippen molar-refractivity contribution in [2.75, 3.05) is 13.7 Å². The van der Waals surface area contributed by atoms with Gasteiger partial charge in [-0.3, -0.25) is 4.79 Å². The second-order valence-electron chi connectivity index (χ2n) is 12.0. The van der Waals surface area contributed by atoms with E-state index in [1.807, 2.05) is 27.7 Å². The molecule has 0 aromatic carbocycles. The summed E-state index contributed by atoms with van der Waals surface area (Å²) < 4.78 is 28.6. The lowest BCUT2D eigenvalue weighted by atomic mass is 9.37. The predicted octanol–water partition coefficient (Wildman–Crippen LogP) is 2.52. The van der Waals surface area contributed by atoms with Crippen LogP contribution in [0, 0.1) is 28.1 Å². The molecule has 3 saturated heterocycles. The second-order valence-corrected chi connectivity index (χ2v) is 12.0. The number of hydrogen-bond acceptors (Lipinski definition) is 9. The third-order valence-electron chi connectivity index (χ3n) is 10.2. The SMILES string of the molecule is COC(=O)C=CC12COC(C)(C)C1C(=O)C(O)C1(C)C2CCC2(C)C(c3ccoc3)OC(=O)C3OC321. The van der Waals surface area contributed by atoms with Crippen LogP contribution in [0.4, 0.5) is 0 Å². The van der Waals surface area contributed by atoms with Crippen molar-refractivity contribution in [1.82, 2.24) is 0 Å². The Bertz CT molecular complexity index is 1170. The molecule has 36 heavy (non-hydrogen) atoms. The van der Waals surface area contributed by atoms with Gasteiger partial charge in [-0.2, -0.15) is 0 Å². The molecule has 0 radical (unpaired) electrons. The highest BCUT2D eigenvalue weighted by atomic mass is 16.7. The van der Waals surface area contributed by atoms with E-state index in [-0.39, 0.29) is 18.3 Å². The van der Waals surface area contributed by atoms with Crippen LogP contribution in [0.1, 0.15) is 52.2 Å². The Labute approximate surface area is 209 Å². The van der Waals surface area contributed by atoms with Gasteiger partial charge in [-0.15, -0.1) is 0 Å². The number of esters is 2. The van der Waals surface area contributed by atoms with Crippen molar-refractivity contribution in [1.29, 1.82) is 0 Å². The first-order valence-electron chi connectivity index (χ1n) is 12.4. The average Bonchev–Trinajstić information content (AvgIpc) is 3.29. The van der Waals surface area contributed by atoms with E-state index in [0.29, 0.717) is 18.4 Å². The normalized spacial score (nSPS) is 48.4. The van der Waals surface area contributed by atoms with Gasteiger partial charge in [0.05, 0.1) is 37.8 Å². The van der Waals surface area contributed by atoms with E-state index >= 15 is 0 Å². The summed E-state index contributed by atoms with van der Waals surface area (Å²) in [6, 6.07) is 1.76. The van der Waals surface area contributed by atoms with Gasteiger partial charge in [0.2, 0.25) is 0 Å². The average molecular weight is 501 g/mol. The monoisotopic (exact) mass is 500 g/mol. The molecule has 9 unspecified atom stereocenters. The number of cyclic esters (lactones) is 1. The first-order valence-corrected chi connectivity index (χ1v) is 12.4. The molecule has 3 aliphatic heterocycles. The molecule has 9 nitrogen and oxygen atoms in total. The fourth-order valence-corrected chi connectivity index (χ4v) is 8.77. The van der Waals surface area contributed by atoms with Gasteiger partial charge in [0.25, 0.3) is 0 Å². The van der Waals surface area contributed by atoms with Crippen molar-refractivity contribution < 1.29 is 42.9 Å². The minimum atomic E-state index is -1.39. The van der Waals surface area contributed by atoms with Crippen LogP contribution in [0.2, 0.25) is 0 Å². The molecule has 5 aliphatic rings. The highest BCUT2D eigenvalue weighted by Crippen LogP contribution is 2.79.